The van der Waals surface area contributed by atoms with Crippen LogP contribution < -0.4 is 0 Å². The van der Waals surface area contributed by atoms with Gasteiger partial charge in [0.1, 0.15) is 0 Å². The summed E-state index contributed by atoms with van der Waals surface area (Å²) in [6, 6.07) is 27.2. The first-order valence-corrected chi connectivity index (χ1v) is 7.16. The second kappa shape index (κ2) is 5.89. The van der Waals surface area contributed by atoms with Crippen molar-refractivity contribution in [3.8, 4) is 23.5 Å². The summed E-state index contributed by atoms with van der Waals surface area (Å²) in [5, 5.41) is 10.9. The monoisotopic (exact) mass is 284 g/mol. The molecule has 1 N–H and O–H groups in total. The molecule has 1 atom stereocenters. The zero-order valence-electron chi connectivity index (χ0n) is 12.1. The van der Waals surface area contributed by atoms with Crippen LogP contribution in [0.5, 0.6) is 0 Å². The average Bonchev–Trinajstić information content (AvgIpc) is 2.63. The van der Waals surface area contributed by atoms with Crippen LogP contribution in [0.15, 0.2) is 84.9 Å². The standard InChI is InChI=1S/C21H16O/c1-2-21(22,19-11-7-4-8-12-19)20-15-13-18(14-16-20)17-9-5-3-6-10-17/h1,3-16,22H/t21-/m1/s1. The zero-order chi connectivity index (χ0) is 15.4. The summed E-state index contributed by atoms with van der Waals surface area (Å²) in [5.41, 5.74) is 2.22. The van der Waals surface area contributed by atoms with Crippen molar-refractivity contribution >= 4 is 0 Å². The van der Waals surface area contributed by atoms with Crippen LogP contribution >= 0.6 is 0 Å². The van der Waals surface area contributed by atoms with Crippen molar-refractivity contribution in [3.63, 3.8) is 0 Å². The molecular weight excluding hydrogens is 268 g/mol. The third-order valence-electron chi connectivity index (χ3n) is 3.81. The predicted molar refractivity (Wildman–Crippen MR) is 90.2 cm³/mol. The second-order valence-corrected chi connectivity index (χ2v) is 5.16. The molecule has 0 saturated carbocycles. The van der Waals surface area contributed by atoms with Gasteiger partial charge in [0.2, 0.25) is 0 Å². The zero-order valence-corrected chi connectivity index (χ0v) is 12.1. The van der Waals surface area contributed by atoms with Gasteiger partial charge in [-0.3, -0.25) is 0 Å². The summed E-state index contributed by atoms with van der Waals surface area (Å²) >= 11 is 0. The Balaban J connectivity index is 2.00. The molecule has 0 saturated heterocycles. The van der Waals surface area contributed by atoms with E-state index in [0.29, 0.717) is 11.1 Å². The molecule has 22 heavy (non-hydrogen) atoms. The Kier molecular flexibility index (Phi) is 3.78. The molecule has 0 aromatic heterocycles. The highest BCUT2D eigenvalue weighted by Gasteiger charge is 2.28. The van der Waals surface area contributed by atoms with E-state index in [9.17, 15) is 5.11 Å². The molecule has 3 aromatic carbocycles. The van der Waals surface area contributed by atoms with Gasteiger partial charge in [-0.1, -0.05) is 90.8 Å². The third-order valence-corrected chi connectivity index (χ3v) is 3.81. The highest BCUT2D eigenvalue weighted by molar-refractivity contribution is 5.64. The van der Waals surface area contributed by atoms with Gasteiger partial charge in [-0.25, -0.2) is 0 Å². The van der Waals surface area contributed by atoms with Crippen LogP contribution in [-0.2, 0) is 5.60 Å². The molecule has 1 nitrogen and oxygen atoms in total. The van der Waals surface area contributed by atoms with Crippen molar-refractivity contribution in [2.75, 3.05) is 0 Å². The van der Waals surface area contributed by atoms with Crippen molar-refractivity contribution in [2.45, 2.75) is 5.60 Å². The summed E-state index contributed by atoms with van der Waals surface area (Å²) < 4.78 is 0. The van der Waals surface area contributed by atoms with Crippen molar-refractivity contribution in [3.05, 3.63) is 96.1 Å². The van der Waals surface area contributed by atoms with Crippen LogP contribution in [0.3, 0.4) is 0 Å². The maximum absolute atomic E-state index is 10.9. The van der Waals surface area contributed by atoms with Crippen molar-refractivity contribution in [1.29, 1.82) is 0 Å². The van der Waals surface area contributed by atoms with E-state index in [1.54, 1.807) is 0 Å². The maximum atomic E-state index is 10.9. The first-order chi connectivity index (χ1) is 10.7. The van der Waals surface area contributed by atoms with E-state index in [2.05, 4.69) is 18.1 Å². The summed E-state index contributed by atoms with van der Waals surface area (Å²) in [6.45, 7) is 0. The fourth-order valence-corrected chi connectivity index (χ4v) is 2.55. The number of rotatable bonds is 3. The molecule has 0 radical (unpaired) electrons. The van der Waals surface area contributed by atoms with Crippen LogP contribution in [0.4, 0.5) is 0 Å². The number of terminal acetylenes is 1. The minimum absolute atomic E-state index is 0.695. The minimum atomic E-state index is -1.41. The first kappa shape index (κ1) is 14.1. The molecule has 0 bridgehead atoms. The maximum Gasteiger partial charge on any atom is 0.176 e. The Morgan fingerprint density at radius 3 is 1.64 bits per heavy atom. The lowest BCUT2D eigenvalue weighted by molar-refractivity contribution is 0.145. The quantitative estimate of drug-likeness (QED) is 0.714. The van der Waals surface area contributed by atoms with Crippen LogP contribution in [0.2, 0.25) is 0 Å². The van der Waals surface area contributed by atoms with Gasteiger partial charge in [-0.05, 0) is 11.1 Å². The van der Waals surface area contributed by atoms with Crippen molar-refractivity contribution in [2.24, 2.45) is 0 Å². The van der Waals surface area contributed by atoms with Gasteiger partial charge in [0.05, 0.1) is 0 Å². The predicted octanol–water partition coefficient (Wildman–Crippen LogP) is 4.22. The van der Waals surface area contributed by atoms with Crippen LogP contribution in [0, 0.1) is 12.3 Å². The SMILES string of the molecule is C#C[C@@](O)(c1ccccc1)c1ccc(-c2ccccc2)cc1. The van der Waals surface area contributed by atoms with E-state index >= 15 is 0 Å². The number of hydrogen-bond acceptors (Lipinski definition) is 1. The fourth-order valence-electron chi connectivity index (χ4n) is 2.55. The molecule has 0 aliphatic rings. The molecule has 0 amide bonds. The summed E-state index contributed by atoms with van der Waals surface area (Å²) in [7, 11) is 0. The van der Waals surface area contributed by atoms with Gasteiger partial charge in [0.25, 0.3) is 0 Å². The van der Waals surface area contributed by atoms with E-state index < -0.39 is 5.60 Å². The molecule has 0 fully saturated rings. The first-order valence-electron chi connectivity index (χ1n) is 7.16. The van der Waals surface area contributed by atoms with Crippen LogP contribution in [0.25, 0.3) is 11.1 Å². The Bertz CT molecular complexity index is 783. The molecule has 0 unspecified atom stereocenters. The van der Waals surface area contributed by atoms with E-state index in [-0.39, 0.29) is 0 Å². The van der Waals surface area contributed by atoms with Gasteiger partial charge >= 0.3 is 0 Å². The summed E-state index contributed by atoms with van der Waals surface area (Å²) in [5.74, 6) is 2.53. The molecule has 1 heteroatoms. The molecule has 3 rings (SSSR count). The highest BCUT2D eigenvalue weighted by Crippen LogP contribution is 2.30. The fraction of sp³-hybridized carbons (Fsp3) is 0.0476. The molecule has 3 aromatic rings. The lowest BCUT2D eigenvalue weighted by Gasteiger charge is -2.23. The van der Waals surface area contributed by atoms with Crippen molar-refractivity contribution < 1.29 is 5.11 Å². The highest BCUT2D eigenvalue weighted by atomic mass is 16.3. The molecule has 106 valence electrons. The molecular formula is C21H16O. The second-order valence-electron chi connectivity index (χ2n) is 5.16. The lowest BCUT2D eigenvalue weighted by Crippen LogP contribution is -2.24. The van der Waals surface area contributed by atoms with E-state index in [0.717, 1.165) is 11.1 Å². The van der Waals surface area contributed by atoms with Gasteiger partial charge in [0.15, 0.2) is 5.60 Å². The van der Waals surface area contributed by atoms with Crippen molar-refractivity contribution in [1.82, 2.24) is 0 Å². The summed E-state index contributed by atoms with van der Waals surface area (Å²) in [4.78, 5) is 0. The van der Waals surface area contributed by atoms with E-state index in [1.165, 1.54) is 0 Å². The number of benzene rings is 3. The van der Waals surface area contributed by atoms with Gasteiger partial charge in [-0.2, -0.15) is 0 Å². The number of aliphatic hydroxyl groups is 1. The van der Waals surface area contributed by atoms with E-state index in [4.69, 9.17) is 6.42 Å². The normalized spacial score (nSPS) is 13.1. The van der Waals surface area contributed by atoms with Gasteiger partial charge in [0, 0.05) is 11.1 Å². The Hall–Kier alpha value is -2.82. The molecule has 0 spiro atoms. The largest absolute Gasteiger partial charge is 0.369 e. The smallest absolute Gasteiger partial charge is 0.176 e. The molecule has 0 aliphatic carbocycles. The Morgan fingerprint density at radius 2 is 1.09 bits per heavy atom. The third kappa shape index (κ3) is 2.53. The Labute approximate surface area is 130 Å². The van der Waals surface area contributed by atoms with Gasteiger partial charge < -0.3 is 5.11 Å². The molecule has 0 heterocycles. The molecule has 0 aliphatic heterocycles. The average molecular weight is 284 g/mol. The number of hydrogen-bond donors (Lipinski definition) is 1. The van der Waals surface area contributed by atoms with Crippen LogP contribution in [0.1, 0.15) is 11.1 Å². The minimum Gasteiger partial charge on any atom is -0.369 e. The topological polar surface area (TPSA) is 20.2 Å². The van der Waals surface area contributed by atoms with Gasteiger partial charge in [-0.15, -0.1) is 6.42 Å². The van der Waals surface area contributed by atoms with Crippen LogP contribution in [-0.4, -0.2) is 5.11 Å². The lowest BCUT2D eigenvalue weighted by atomic mass is 9.86. The van der Waals surface area contributed by atoms with E-state index in [1.807, 2.05) is 72.8 Å². The summed E-state index contributed by atoms with van der Waals surface area (Å²) in [6.07, 6.45) is 5.62. The Morgan fingerprint density at radius 1 is 0.636 bits per heavy atom.